The summed E-state index contributed by atoms with van der Waals surface area (Å²) in [4.78, 5) is 12.0. The highest BCUT2D eigenvalue weighted by Gasteiger charge is 2.21. The van der Waals surface area contributed by atoms with Crippen molar-refractivity contribution in [3.8, 4) is 0 Å². The van der Waals surface area contributed by atoms with E-state index in [2.05, 4.69) is 15.2 Å². The number of aryl methyl sites for hydroxylation is 2. The van der Waals surface area contributed by atoms with Crippen LogP contribution in [0.25, 0.3) is 0 Å². The summed E-state index contributed by atoms with van der Waals surface area (Å²) in [6.07, 6.45) is 0. The van der Waals surface area contributed by atoms with Gasteiger partial charge in [-0.3, -0.25) is 4.79 Å². The second-order valence-electron chi connectivity index (χ2n) is 5.40. The van der Waals surface area contributed by atoms with Crippen molar-refractivity contribution in [1.82, 2.24) is 9.88 Å². The van der Waals surface area contributed by atoms with Crippen LogP contribution in [0.5, 0.6) is 0 Å². The van der Waals surface area contributed by atoms with Gasteiger partial charge in [0.1, 0.15) is 5.76 Å². The number of aromatic nitrogens is 1. The van der Waals surface area contributed by atoms with Crippen molar-refractivity contribution < 1.29 is 17.7 Å². The summed E-state index contributed by atoms with van der Waals surface area (Å²) in [5, 5.41) is 6.11. The van der Waals surface area contributed by atoms with Gasteiger partial charge in [0.25, 0.3) is 0 Å². The Labute approximate surface area is 135 Å². The fourth-order valence-electron chi connectivity index (χ4n) is 1.93. The first-order chi connectivity index (χ1) is 10.7. The highest BCUT2D eigenvalue weighted by molar-refractivity contribution is 7.88. The van der Waals surface area contributed by atoms with Crippen molar-refractivity contribution in [1.29, 1.82) is 0 Å². The fourth-order valence-corrected chi connectivity index (χ4v) is 3.29. The molecule has 0 aliphatic heterocycles. The second kappa shape index (κ2) is 6.93. The highest BCUT2D eigenvalue weighted by Crippen LogP contribution is 2.09. The van der Waals surface area contributed by atoms with Crippen molar-refractivity contribution in [3.63, 3.8) is 0 Å². The Morgan fingerprint density at radius 3 is 2.48 bits per heavy atom. The molecule has 0 saturated heterocycles. The molecule has 0 radical (unpaired) electrons. The lowest BCUT2D eigenvalue weighted by Crippen LogP contribution is -2.42. The number of rotatable bonds is 6. The lowest BCUT2D eigenvalue weighted by Gasteiger charge is -2.13. The molecule has 23 heavy (non-hydrogen) atoms. The van der Waals surface area contributed by atoms with E-state index in [1.54, 1.807) is 25.1 Å². The number of benzene rings is 1. The van der Waals surface area contributed by atoms with E-state index in [4.69, 9.17) is 4.52 Å². The lowest BCUT2D eigenvalue weighted by atomic mass is 10.2. The molecule has 0 fully saturated rings. The van der Waals surface area contributed by atoms with Crippen LogP contribution in [0.4, 0.5) is 5.82 Å². The minimum Gasteiger partial charge on any atom is -0.360 e. The van der Waals surface area contributed by atoms with Gasteiger partial charge in [0.2, 0.25) is 15.9 Å². The number of carbonyl (C=O) groups excluding carboxylic acids is 1. The molecule has 2 rings (SSSR count). The average molecular weight is 337 g/mol. The van der Waals surface area contributed by atoms with Gasteiger partial charge in [0, 0.05) is 6.07 Å². The summed E-state index contributed by atoms with van der Waals surface area (Å²) in [6.45, 7) is 5.08. The first-order valence-electron chi connectivity index (χ1n) is 7.05. The molecule has 8 heteroatoms. The van der Waals surface area contributed by atoms with Crippen LogP contribution >= 0.6 is 0 Å². The normalized spacial score (nSPS) is 12.8. The van der Waals surface area contributed by atoms with Crippen molar-refractivity contribution in [2.75, 3.05) is 5.32 Å². The predicted octanol–water partition coefficient (Wildman–Crippen LogP) is 1.74. The van der Waals surface area contributed by atoms with Crippen LogP contribution < -0.4 is 10.0 Å². The molecule has 1 amide bonds. The van der Waals surface area contributed by atoms with E-state index in [0.717, 1.165) is 5.56 Å². The van der Waals surface area contributed by atoms with Gasteiger partial charge in [0.05, 0.1) is 11.8 Å². The Morgan fingerprint density at radius 2 is 1.91 bits per heavy atom. The summed E-state index contributed by atoms with van der Waals surface area (Å²) < 4.78 is 31.4. The molecule has 0 aliphatic carbocycles. The van der Waals surface area contributed by atoms with Crippen molar-refractivity contribution >= 4 is 21.7 Å². The zero-order valence-corrected chi connectivity index (χ0v) is 14.0. The van der Waals surface area contributed by atoms with Crippen LogP contribution in [-0.2, 0) is 20.6 Å². The zero-order chi connectivity index (χ0) is 17.0. The van der Waals surface area contributed by atoms with Gasteiger partial charge < -0.3 is 9.84 Å². The molecule has 2 N–H and O–H groups in total. The minimum absolute atomic E-state index is 0.187. The monoisotopic (exact) mass is 337 g/mol. The Balaban J connectivity index is 1.95. The summed E-state index contributed by atoms with van der Waals surface area (Å²) in [5.74, 6) is 0.101. The summed E-state index contributed by atoms with van der Waals surface area (Å²) in [7, 11) is -3.63. The van der Waals surface area contributed by atoms with E-state index in [-0.39, 0.29) is 11.6 Å². The van der Waals surface area contributed by atoms with E-state index in [0.29, 0.717) is 11.3 Å². The summed E-state index contributed by atoms with van der Waals surface area (Å²) in [5.41, 5.74) is 1.71. The maximum Gasteiger partial charge on any atom is 0.243 e. The molecule has 2 aromatic rings. The first kappa shape index (κ1) is 17.2. The fraction of sp³-hybridized carbons (Fsp3) is 0.333. The molecule has 124 valence electrons. The minimum atomic E-state index is -3.63. The number of carbonyl (C=O) groups is 1. The van der Waals surface area contributed by atoms with Crippen LogP contribution in [0.1, 0.15) is 23.8 Å². The molecular weight excluding hydrogens is 318 g/mol. The van der Waals surface area contributed by atoms with Gasteiger partial charge in [-0.15, -0.1) is 0 Å². The number of nitrogens with zero attached hydrogens (tertiary/aromatic N) is 1. The second-order valence-corrected chi connectivity index (χ2v) is 7.15. The van der Waals surface area contributed by atoms with Crippen LogP contribution in [0.15, 0.2) is 34.9 Å². The molecule has 0 saturated carbocycles. The predicted molar refractivity (Wildman–Crippen MR) is 86.3 cm³/mol. The van der Waals surface area contributed by atoms with E-state index in [1.807, 2.05) is 19.1 Å². The molecule has 0 unspecified atom stereocenters. The molecule has 1 atom stereocenters. The van der Waals surface area contributed by atoms with E-state index in [1.165, 1.54) is 6.92 Å². The molecule has 0 aliphatic rings. The van der Waals surface area contributed by atoms with Gasteiger partial charge in [-0.05, 0) is 26.3 Å². The maximum absolute atomic E-state index is 12.1. The number of sulfonamides is 1. The number of hydrogen-bond acceptors (Lipinski definition) is 5. The maximum atomic E-state index is 12.1. The number of hydrogen-bond donors (Lipinski definition) is 2. The van der Waals surface area contributed by atoms with Gasteiger partial charge in [-0.25, -0.2) is 13.1 Å². The lowest BCUT2D eigenvalue weighted by molar-refractivity contribution is -0.117. The zero-order valence-electron chi connectivity index (χ0n) is 13.2. The third kappa shape index (κ3) is 5.19. The number of nitrogens with one attached hydrogen (secondary N) is 2. The highest BCUT2D eigenvalue weighted by atomic mass is 32.2. The van der Waals surface area contributed by atoms with Gasteiger partial charge >= 0.3 is 0 Å². The Hall–Kier alpha value is -2.19. The van der Waals surface area contributed by atoms with Crippen LogP contribution in [0.2, 0.25) is 0 Å². The summed E-state index contributed by atoms with van der Waals surface area (Å²) >= 11 is 0. The van der Waals surface area contributed by atoms with E-state index < -0.39 is 22.0 Å². The quantitative estimate of drug-likeness (QED) is 0.836. The van der Waals surface area contributed by atoms with Crippen LogP contribution in [0.3, 0.4) is 0 Å². The molecule has 1 aromatic carbocycles. The smallest absolute Gasteiger partial charge is 0.243 e. The van der Waals surface area contributed by atoms with Crippen molar-refractivity contribution in [2.24, 2.45) is 0 Å². The van der Waals surface area contributed by atoms with Crippen LogP contribution in [-0.4, -0.2) is 25.5 Å². The molecular formula is C15H19N3O4S. The standard InChI is InChI=1S/C15H19N3O4S/c1-10-4-6-13(7-5-10)9-23(20,21)18-12(3)15(19)16-14-8-11(2)22-17-14/h4-8,12,18H,9H2,1-3H3,(H,16,17,19)/t12-/m0/s1. The number of anilines is 1. The molecule has 0 bridgehead atoms. The Bertz CT molecular complexity index is 781. The SMILES string of the molecule is Cc1ccc(CS(=O)(=O)N[C@@H](C)C(=O)Nc2cc(C)on2)cc1. The molecule has 1 aromatic heterocycles. The van der Waals surface area contributed by atoms with Gasteiger partial charge in [-0.1, -0.05) is 35.0 Å². The topological polar surface area (TPSA) is 101 Å². The number of amides is 1. The van der Waals surface area contributed by atoms with E-state index in [9.17, 15) is 13.2 Å². The first-order valence-corrected chi connectivity index (χ1v) is 8.70. The van der Waals surface area contributed by atoms with Gasteiger partial charge in [-0.2, -0.15) is 0 Å². The third-order valence-corrected chi connectivity index (χ3v) is 4.53. The molecule has 0 spiro atoms. The van der Waals surface area contributed by atoms with Crippen molar-refractivity contribution in [3.05, 3.63) is 47.2 Å². The Morgan fingerprint density at radius 1 is 1.26 bits per heavy atom. The van der Waals surface area contributed by atoms with E-state index >= 15 is 0 Å². The van der Waals surface area contributed by atoms with Crippen LogP contribution in [0, 0.1) is 13.8 Å². The van der Waals surface area contributed by atoms with Gasteiger partial charge in [0.15, 0.2) is 5.82 Å². The third-order valence-electron chi connectivity index (χ3n) is 3.11. The summed E-state index contributed by atoms with van der Waals surface area (Å²) in [6, 6.07) is 7.80. The molecule has 1 heterocycles. The largest absolute Gasteiger partial charge is 0.360 e. The van der Waals surface area contributed by atoms with Crippen molar-refractivity contribution in [2.45, 2.75) is 32.6 Å². The molecule has 7 nitrogen and oxygen atoms in total. The average Bonchev–Trinajstić information content (AvgIpc) is 2.86. The Kier molecular flexibility index (Phi) is 5.17.